The molecule has 8 heteroatoms. The molecule has 1 unspecified atom stereocenters. The highest BCUT2D eigenvalue weighted by Crippen LogP contribution is 2.27. The number of aromatic amines is 1. The van der Waals surface area contributed by atoms with Crippen LogP contribution in [-0.4, -0.2) is 36.1 Å². The summed E-state index contributed by atoms with van der Waals surface area (Å²) in [6, 6.07) is 15.1. The summed E-state index contributed by atoms with van der Waals surface area (Å²) in [5, 5.41) is 9.00. The number of halogens is 1. The molecule has 1 aromatic heterocycles. The average Bonchev–Trinajstić information content (AvgIpc) is 3.25. The van der Waals surface area contributed by atoms with Crippen molar-refractivity contribution in [2.24, 2.45) is 0 Å². The molecular formula is C22H23ClN2O4S. The van der Waals surface area contributed by atoms with Crippen LogP contribution in [0.2, 0.25) is 5.02 Å². The van der Waals surface area contributed by atoms with Gasteiger partial charge in [0, 0.05) is 28.0 Å². The fraction of sp³-hybridized carbons (Fsp3) is 0.227. The Kier molecular flexibility index (Phi) is 6.65. The maximum absolute atomic E-state index is 13.1. The zero-order valence-electron chi connectivity index (χ0n) is 16.7. The van der Waals surface area contributed by atoms with Crippen molar-refractivity contribution in [1.29, 1.82) is 0 Å². The smallest absolute Gasteiger partial charge is 0.240 e. The summed E-state index contributed by atoms with van der Waals surface area (Å²) in [6.45, 7) is 2.79. The average molecular weight is 447 g/mol. The molecule has 0 aliphatic rings. The molecule has 0 spiro atoms. The van der Waals surface area contributed by atoms with E-state index in [4.69, 9.17) is 11.6 Å². The van der Waals surface area contributed by atoms with Crippen molar-refractivity contribution in [2.45, 2.75) is 25.6 Å². The lowest BCUT2D eigenvalue weighted by molar-refractivity contribution is 0.103. The topological polar surface area (TPSA) is 90.5 Å². The van der Waals surface area contributed by atoms with E-state index in [2.05, 4.69) is 4.98 Å². The summed E-state index contributed by atoms with van der Waals surface area (Å²) in [4.78, 5) is 16.1. The first kappa shape index (κ1) is 22.1. The highest BCUT2D eigenvalue weighted by Gasteiger charge is 2.30. The molecule has 0 aliphatic heterocycles. The molecule has 3 rings (SSSR count). The van der Waals surface area contributed by atoms with Gasteiger partial charge in [-0.15, -0.1) is 0 Å². The second-order valence-electron chi connectivity index (χ2n) is 7.08. The number of anilines is 1. The van der Waals surface area contributed by atoms with Gasteiger partial charge in [0.15, 0.2) is 5.78 Å². The second-order valence-corrected chi connectivity index (χ2v) is 9.79. The number of benzene rings is 2. The number of sulfonamides is 1. The summed E-state index contributed by atoms with van der Waals surface area (Å²) in [7, 11) is -3.87. The number of aryl methyl sites for hydroxylation is 1. The first-order valence-electron chi connectivity index (χ1n) is 9.39. The summed E-state index contributed by atoms with van der Waals surface area (Å²) in [5.41, 5.74) is 2.63. The van der Waals surface area contributed by atoms with Crippen LogP contribution in [0.3, 0.4) is 0 Å². The van der Waals surface area contributed by atoms with Crippen LogP contribution in [0.4, 0.5) is 5.69 Å². The predicted octanol–water partition coefficient (Wildman–Crippen LogP) is 3.92. The Labute approximate surface area is 181 Å². The number of hydrogen-bond donors (Lipinski definition) is 2. The molecule has 2 aromatic carbocycles. The van der Waals surface area contributed by atoms with Crippen LogP contribution in [0.5, 0.6) is 0 Å². The fourth-order valence-electron chi connectivity index (χ4n) is 3.03. The normalized spacial score (nSPS) is 12.5. The molecule has 0 saturated heterocycles. The molecule has 158 valence electrons. The first-order chi connectivity index (χ1) is 14.2. The van der Waals surface area contributed by atoms with Crippen LogP contribution >= 0.6 is 11.6 Å². The molecule has 0 aliphatic carbocycles. The monoisotopic (exact) mass is 446 g/mol. The number of nitrogens with zero attached hydrogens (tertiary/aromatic N) is 1. The van der Waals surface area contributed by atoms with Gasteiger partial charge in [-0.25, -0.2) is 8.42 Å². The summed E-state index contributed by atoms with van der Waals surface area (Å²) >= 11 is 5.91. The Hall–Kier alpha value is -2.61. The molecule has 2 N–H and O–H groups in total. The molecule has 3 aromatic rings. The van der Waals surface area contributed by atoms with Gasteiger partial charge in [0.05, 0.1) is 18.8 Å². The van der Waals surface area contributed by atoms with Crippen LogP contribution in [-0.2, 0) is 16.6 Å². The summed E-state index contributed by atoms with van der Waals surface area (Å²) in [6.07, 6.45) is 1.71. The molecule has 0 radical (unpaired) electrons. The van der Waals surface area contributed by atoms with E-state index in [1.54, 1.807) is 67.7 Å². The lowest BCUT2D eigenvalue weighted by Gasteiger charge is -2.27. The van der Waals surface area contributed by atoms with Gasteiger partial charge in [-0.05, 0) is 67.9 Å². The van der Waals surface area contributed by atoms with Crippen LogP contribution < -0.4 is 4.31 Å². The fourth-order valence-corrected chi connectivity index (χ4v) is 4.50. The van der Waals surface area contributed by atoms with Gasteiger partial charge in [0.1, 0.15) is 5.25 Å². The molecule has 0 fully saturated rings. The highest BCUT2D eigenvalue weighted by molar-refractivity contribution is 7.93. The van der Waals surface area contributed by atoms with Crippen molar-refractivity contribution < 1.29 is 18.3 Å². The number of aliphatic hydroxyl groups excluding tert-OH is 1. The van der Waals surface area contributed by atoms with E-state index >= 15 is 0 Å². The molecule has 1 heterocycles. The lowest BCUT2D eigenvalue weighted by atomic mass is 9.98. The molecule has 1 atom stereocenters. The van der Waals surface area contributed by atoms with Crippen LogP contribution in [0, 0.1) is 6.92 Å². The second kappa shape index (κ2) is 9.04. The Morgan fingerprint density at radius 3 is 2.47 bits per heavy atom. The quantitative estimate of drug-likeness (QED) is 0.513. The van der Waals surface area contributed by atoms with Gasteiger partial charge in [-0.3, -0.25) is 9.10 Å². The Bertz CT molecular complexity index is 1130. The third-order valence-electron chi connectivity index (χ3n) is 4.91. The number of ketones is 1. The van der Waals surface area contributed by atoms with E-state index in [0.717, 1.165) is 5.56 Å². The number of carbonyl (C=O) groups excluding carboxylic acids is 1. The number of aliphatic hydroxyl groups is 1. The van der Waals surface area contributed by atoms with Crippen molar-refractivity contribution in [2.75, 3.05) is 10.9 Å². The van der Waals surface area contributed by atoms with Crippen molar-refractivity contribution in [3.05, 3.63) is 88.2 Å². The lowest BCUT2D eigenvalue weighted by Crippen LogP contribution is -2.39. The van der Waals surface area contributed by atoms with E-state index in [1.807, 2.05) is 0 Å². The number of carbonyl (C=O) groups is 1. The Morgan fingerprint density at radius 2 is 1.87 bits per heavy atom. The summed E-state index contributed by atoms with van der Waals surface area (Å²) < 4.78 is 27.4. The SMILES string of the molecule is Cc1ccc(N(Cc2ccc[nH]2)S(=O)(=O)C(C)CO)cc1C(=O)c1ccc(Cl)cc1. The molecule has 6 nitrogen and oxygen atoms in total. The molecule has 0 bridgehead atoms. The number of H-pyrrole nitrogens is 1. The van der Waals surface area contributed by atoms with Crippen LogP contribution in [0.15, 0.2) is 60.8 Å². The minimum Gasteiger partial charge on any atom is -0.395 e. The van der Waals surface area contributed by atoms with Crippen molar-refractivity contribution in [3.63, 3.8) is 0 Å². The number of nitrogens with one attached hydrogen (secondary N) is 1. The van der Waals surface area contributed by atoms with Gasteiger partial charge >= 0.3 is 0 Å². The molecular weight excluding hydrogens is 424 g/mol. The van der Waals surface area contributed by atoms with E-state index in [-0.39, 0.29) is 12.3 Å². The largest absolute Gasteiger partial charge is 0.395 e. The molecule has 30 heavy (non-hydrogen) atoms. The third kappa shape index (κ3) is 4.59. The molecule has 0 saturated carbocycles. The predicted molar refractivity (Wildman–Crippen MR) is 119 cm³/mol. The zero-order valence-corrected chi connectivity index (χ0v) is 18.2. The zero-order chi connectivity index (χ0) is 21.9. The van der Waals surface area contributed by atoms with Crippen LogP contribution in [0.25, 0.3) is 0 Å². The van der Waals surface area contributed by atoms with E-state index in [0.29, 0.717) is 27.5 Å². The third-order valence-corrected chi connectivity index (χ3v) is 7.28. The summed E-state index contributed by atoms with van der Waals surface area (Å²) in [5.74, 6) is -0.224. The minimum atomic E-state index is -3.87. The van der Waals surface area contributed by atoms with Gasteiger partial charge in [0.25, 0.3) is 0 Å². The van der Waals surface area contributed by atoms with Crippen molar-refractivity contribution >= 4 is 33.1 Å². The Morgan fingerprint density at radius 1 is 1.17 bits per heavy atom. The Balaban J connectivity index is 2.07. The van der Waals surface area contributed by atoms with E-state index in [1.165, 1.54) is 11.2 Å². The number of rotatable bonds is 8. The minimum absolute atomic E-state index is 0.0529. The van der Waals surface area contributed by atoms with Gasteiger partial charge < -0.3 is 10.1 Å². The van der Waals surface area contributed by atoms with Crippen molar-refractivity contribution in [1.82, 2.24) is 4.98 Å². The van der Waals surface area contributed by atoms with Crippen LogP contribution in [0.1, 0.15) is 34.1 Å². The number of aromatic nitrogens is 1. The highest BCUT2D eigenvalue weighted by atomic mass is 35.5. The van der Waals surface area contributed by atoms with E-state index < -0.39 is 21.9 Å². The van der Waals surface area contributed by atoms with Gasteiger partial charge in [-0.2, -0.15) is 0 Å². The number of hydrogen-bond acceptors (Lipinski definition) is 4. The van der Waals surface area contributed by atoms with Gasteiger partial charge in [0.2, 0.25) is 10.0 Å². The standard InChI is InChI=1S/C22H23ClN2O4S/c1-15-5-10-20(12-21(15)22(27)17-6-8-18(23)9-7-17)25(13-19-4-3-11-24-19)30(28,29)16(2)14-26/h3-12,16,24,26H,13-14H2,1-2H3. The van der Waals surface area contributed by atoms with E-state index in [9.17, 15) is 18.3 Å². The van der Waals surface area contributed by atoms with Gasteiger partial charge in [-0.1, -0.05) is 17.7 Å². The first-order valence-corrected chi connectivity index (χ1v) is 11.3. The maximum Gasteiger partial charge on any atom is 0.240 e. The molecule has 0 amide bonds. The maximum atomic E-state index is 13.1. The van der Waals surface area contributed by atoms with Crippen molar-refractivity contribution in [3.8, 4) is 0 Å².